The van der Waals surface area contributed by atoms with E-state index in [0.717, 1.165) is 6.07 Å². The number of ether oxygens (including phenoxy) is 1. The molecule has 0 aliphatic rings. The van der Waals surface area contributed by atoms with Crippen LogP contribution in [0, 0.1) is 10.1 Å². The molecule has 8 nitrogen and oxygen atoms in total. The molecule has 0 aliphatic heterocycles. The number of hydrogen-bond donors (Lipinski definition) is 2. The van der Waals surface area contributed by atoms with Crippen molar-refractivity contribution in [2.75, 3.05) is 26.1 Å². The normalized spacial score (nSPS) is 12.9. The zero-order valence-corrected chi connectivity index (χ0v) is 12.9. The molecule has 1 unspecified atom stereocenters. The molecule has 21 heavy (non-hydrogen) atoms. The maximum absolute atomic E-state index is 12.3. The summed E-state index contributed by atoms with van der Waals surface area (Å²) in [5.74, 6) is 0. The third-order valence-corrected chi connectivity index (χ3v) is 4.49. The summed E-state index contributed by atoms with van der Waals surface area (Å²) in [6.07, 6.45) is 0.525. The Hall–Kier alpha value is -1.71. The van der Waals surface area contributed by atoms with Gasteiger partial charge in [-0.2, -0.15) is 0 Å². The fourth-order valence-electron chi connectivity index (χ4n) is 1.74. The minimum Gasteiger partial charge on any atom is -0.387 e. The Labute approximate surface area is 123 Å². The highest BCUT2D eigenvalue weighted by atomic mass is 32.2. The van der Waals surface area contributed by atoms with Crippen LogP contribution in [-0.2, 0) is 14.8 Å². The van der Waals surface area contributed by atoms with Crippen molar-refractivity contribution in [2.45, 2.75) is 24.3 Å². The summed E-state index contributed by atoms with van der Waals surface area (Å²) in [6, 6.07) is 3.26. The molecule has 1 aromatic carbocycles. The van der Waals surface area contributed by atoms with Crippen molar-refractivity contribution in [1.29, 1.82) is 0 Å². The second-order valence-corrected chi connectivity index (χ2v) is 6.17. The predicted octanol–water partition coefficient (Wildman–Crippen LogP) is 1.34. The summed E-state index contributed by atoms with van der Waals surface area (Å²) < 4.78 is 32.0. The maximum atomic E-state index is 12.3. The van der Waals surface area contributed by atoms with Crippen LogP contribution in [0.1, 0.15) is 13.3 Å². The number of nitrogens with one attached hydrogen (secondary N) is 2. The third-order valence-electron chi connectivity index (χ3n) is 2.84. The van der Waals surface area contributed by atoms with Crippen LogP contribution in [-0.4, -0.2) is 40.1 Å². The number of nitro benzene ring substituents is 1. The summed E-state index contributed by atoms with van der Waals surface area (Å²) in [4.78, 5) is 10.1. The maximum Gasteiger partial charge on any atom is 0.271 e. The van der Waals surface area contributed by atoms with E-state index in [1.165, 1.54) is 26.3 Å². The van der Waals surface area contributed by atoms with E-state index in [1.54, 1.807) is 6.92 Å². The summed E-state index contributed by atoms with van der Waals surface area (Å²) in [5.41, 5.74) is 0.00127. The number of benzene rings is 1. The number of nitrogens with zero attached hydrogens (tertiary/aromatic N) is 1. The van der Waals surface area contributed by atoms with Gasteiger partial charge in [-0.1, -0.05) is 0 Å². The van der Waals surface area contributed by atoms with Crippen molar-refractivity contribution in [2.24, 2.45) is 0 Å². The fraction of sp³-hybridized carbons (Fsp3) is 0.500. The monoisotopic (exact) mass is 317 g/mol. The number of anilines is 1. The van der Waals surface area contributed by atoms with Crippen LogP contribution >= 0.6 is 0 Å². The standard InChI is InChI=1S/C12H19N3O5S/c1-9(6-7-20-3)14-21(18,19)12-5-4-10(15(16)17)8-11(12)13-2/h4-5,8-9,13-14H,6-7H2,1-3H3. The van der Waals surface area contributed by atoms with Crippen molar-refractivity contribution >= 4 is 21.4 Å². The molecule has 0 radical (unpaired) electrons. The number of rotatable bonds is 8. The Bertz CT molecular complexity index is 603. The summed E-state index contributed by atoms with van der Waals surface area (Å²) in [5, 5.41) is 13.4. The number of sulfonamides is 1. The van der Waals surface area contributed by atoms with Crippen molar-refractivity contribution in [3.63, 3.8) is 0 Å². The van der Waals surface area contributed by atoms with E-state index in [1.807, 2.05) is 0 Å². The number of non-ortho nitro benzene ring substituents is 1. The van der Waals surface area contributed by atoms with Gasteiger partial charge >= 0.3 is 0 Å². The van der Waals surface area contributed by atoms with Gasteiger partial charge in [-0.3, -0.25) is 10.1 Å². The largest absolute Gasteiger partial charge is 0.387 e. The molecular formula is C12H19N3O5S. The first kappa shape index (κ1) is 17.3. The topological polar surface area (TPSA) is 111 Å². The summed E-state index contributed by atoms with van der Waals surface area (Å²) >= 11 is 0. The quantitative estimate of drug-likeness (QED) is 0.553. The fourth-order valence-corrected chi connectivity index (χ4v) is 3.22. The minimum atomic E-state index is -3.77. The molecule has 0 amide bonds. The molecule has 0 heterocycles. The van der Waals surface area contributed by atoms with Crippen LogP contribution in [0.4, 0.5) is 11.4 Å². The predicted molar refractivity (Wildman–Crippen MR) is 78.9 cm³/mol. The van der Waals surface area contributed by atoms with Crippen molar-refractivity contribution in [3.05, 3.63) is 28.3 Å². The van der Waals surface area contributed by atoms with Gasteiger partial charge in [0.1, 0.15) is 4.90 Å². The second kappa shape index (κ2) is 7.34. The molecule has 9 heteroatoms. The van der Waals surface area contributed by atoms with Crippen LogP contribution in [0.5, 0.6) is 0 Å². The van der Waals surface area contributed by atoms with E-state index < -0.39 is 14.9 Å². The molecule has 1 rings (SSSR count). The smallest absolute Gasteiger partial charge is 0.271 e. The van der Waals surface area contributed by atoms with E-state index >= 15 is 0 Å². The molecule has 0 bridgehead atoms. The van der Waals surface area contributed by atoms with Crippen LogP contribution in [0.3, 0.4) is 0 Å². The van der Waals surface area contributed by atoms with Gasteiger partial charge in [-0.05, 0) is 19.4 Å². The van der Waals surface area contributed by atoms with Crippen LogP contribution < -0.4 is 10.0 Å². The Morgan fingerprint density at radius 3 is 2.62 bits per heavy atom. The van der Waals surface area contributed by atoms with Gasteiger partial charge < -0.3 is 10.1 Å². The Morgan fingerprint density at radius 2 is 2.10 bits per heavy atom. The van der Waals surface area contributed by atoms with E-state index in [-0.39, 0.29) is 22.3 Å². The Kier molecular flexibility index (Phi) is 6.06. The summed E-state index contributed by atoms with van der Waals surface area (Å²) in [6.45, 7) is 2.16. The molecule has 1 aromatic rings. The summed E-state index contributed by atoms with van der Waals surface area (Å²) in [7, 11) is -0.721. The lowest BCUT2D eigenvalue weighted by Crippen LogP contribution is -2.33. The first-order valence-electron chi connectivity index (χ1n) is 6.29. The first-order chi connectivity index (χ1) is 9.81. The molecule has 0 saturated heterocycles. The lowest BCUT2D eigenvalue weighted by molar-refractivity contribution is -0.384. The van der Waals surface area contributed by atoms with Gasteiger partial charge in [-0.15, -0.1) is 0 Å². The lowest BCUT2D eigenvalue weighted by Gasteiger charge is -2.15. The molecule has 118 valence electrons. The minimum absolute atomic E-state index is 0.0279. The molecule has 2 N–H and O–H groups in total. The number of hydrogen-bond acceptors (Lipinski definition) is 6. The van der Waals surface area contributed by atoms with E-state index in [4.69, 9.17) is 4.74 Å². The third kappa shape index (κ3) is 4.66. The molecule has 0 saturated carbocycles. The van der Waals surface area contributed by atoms with Gasteiger partial charge in [0.2, 0.25) is 10.0 Å². The average Bonchev–Trinajstić information content (AvgIpc) is 2.43. The zero-order chi connectivity index (χ0) is 16.0. The van der Waals surface area contributed by atoms with Crippen LogP contribution in [0.25, 0.3) is 0 Å². The first-order valence-corrected chi connectivity index (χ1v) is 7.77. The number of nitro groups is 1. The molecule has 0 spiro atoms. The van der Waals surface area contributed by atoms with Gasteiger partial charge in [0.25, 0.3) is 5.69 Å². The zero-order valence-electron chi connectivity index (χ0n) is 12.1. The second-order valence-electron chi connectivity index (χ2n) is 4.49. The van der Waals surface area contributed by atoms with Gasteiger partial charge in [-0.25, -0.2) is 13.1 Å². The van der Waals surface area contributed by atoms with Crippen LogP contribution in [0.2, 0.25) is 0 Å². The average molecular weight is 317 g/mol. The van der Waals surface area contributed by atoms with Crippen molar-refractivity contribution in [1.82, 2.24) is 4.72 Å². The van der Waals surface area contributed by atoms with Gasteiger partial charge in [0, 0.05) is 38.9 Å². The SMILES string of the molecule is CNc1cc([N+](=O)[O-])ccc1S(=O)(=O)NC(C)CCOC. The van der Waals surface area contributed by atoms with E-state index in [0.29, 0.717) is 13.0 Å². The highest BCUT2D eigenvalue weighted by Gasteiger charge is 2.22. The van der Waals surface area contributed by atoms with Crippen molar-refractivity contribution < 1.29 is 18.1 Å². The number of methoxy groups -OCH3 is 1. The van der Waals surface area contributed by atoms with E-state index in [9.17, 15) is 18.5 Å². The molecule has 0 aliphatic carbocycles. The Morgan fingerprint density at radius 1 is 1.43 bits per heavy atom. The lowest BCUT2D eigenvalue weighted by atomic mass is 10.3. The Balaban J connectivity index is 3.05. The molecule has 0 fully saturated rings. The highest BCUT2D eigenvalue weighted by molar-refractivity contribution is 7.89. The molecule has 1 atom stereocenters. The molecule has 0 aromatic heterocycles. The van der Waals surface area contributed by atoms with Gasteiger partial charge in [0.05, 0.1) is 10.6 Å². The van der Waals surface area contributed by atoms with Crippen LogP contribution in [0.15, 0.2) is 23.1 Å². The highest BCUT2D eigenvalue weighted by Crippen LogP contribution is 2.26. The van der Waals surface area contributed by atoms with Gasteiger partial charge in [0.15, 0.2) is 0 Å². The molecular weight excluding hydrogens is 298 g/mol. The van der Waals surface area contributed by atoms with Crippen molar-refractivity contribution in [3.8, 4) is 0 Å². The van der Waals surface area contributed by atoms with E-state index in [2.05, 4.69) is 10.0 Å².